The Morgan fingerprint density at radius 1 is 1.19 bits per heavy atom. The number of aromatic hydroxyl groups is 1. The van der Waals surface area contributed by atoms with Crippen molar-refractivity contribution in [1.29, 1.82) is 0 Å². The van der Waals surface area contributed by atoms with Gasteiger partial charge in [0.25, 0.3) is 0 Å². The summed E-state index contributed by atoms with van der Waals surface area (Å²) in [6.45, 7) is 1.50. The van der Waals surface area contributed by atoms with Gasteiger partial charge in [0.05, 0.1) is 6.04 Å². The zero-order valence-electron chi connectivity index (χ0n) is 11.9. The van der Waals surface area contributed by atoms with Crippen LogP contribution in [0.5, 0.6) is 5.75 Å². The molecule has 4 nitrogen and oxygen atoms in total. The van der Waals surface area contributed by atoms with Gasteiger partial charge in [0.15, 0.2) is 0 Å². The van der Waals surface area contributed by atoms with Crippen LogP contribution in [-0.4, -0.2) is 11.0 Å². The first-order chi connectivity index (χ1) is 10.1. The lowest BCUT2D eigenvalue weighted by atomic mass is 10.1. The largest absolute Gasteiger partial charge is 0.508 e. The molecular formula is C17H18N2O2. The number of hydrogen-bond acceptors (Lipinski definition) is 3. The quantitative estimate of drug-likeness (QED) is 0.808. The van der Waals surface area contributed by atoms with Crippen LogP contribution in [0.25, 0.3) is 0 Å². The Morgan fingerprint density at radius 3 is 2.81 bits per heavy atom. The summed E-state index contributed by atoms with van der Waals surface area (Å²) in [7, 11) is 0. The van der Waals surface area contributed by atoms with E-state index in [9.17, 15) is 9.90 Å². The molecule has 3 rings (SSSR count). The highest BCUT2D eigenvalue weighted by Crippen LogP contribution is 2.35. The molecule has 0 aromatic heterocycles. The minimum atomic E-state index is -0.0752. The number of aryl methyl sites for hydroxylation is 1. The van der Waals surface area contributed by atoms with Crippen molar-refractivity contribution in [3.8, 4) is 5.75 Å². The normalized spacial score (nSPS) is 16.3. The molecule has 1 aliphatic rings. The minimum absolute atomic E-state index is 0.0752. The topological polar surface area (TPSA) is 61.4 Å². The van der Waals surface area contributed by atoms with Crippen LogP contribution in [0.15, 0.2) is 42.5 Å². The average Bonchev–Trinajstić information content (AvgIpc) is 2.80. The Labute approximate surface area is 123 Å². The maximum Gasteiger partial charge on any atom is 0.221 e. The molecule has 0 heterocycles. The molecule has 21 heavy (non-hydrogen) atoms. The van der Waals surface area contributed by atoms with Gasteiger partial charge in [-0.2, -0.15) is 0 Å². The maximum absolute atomic E-state index is 11.1. The van der Waals surface area contributed by atoms with Gasteiger partial charge >= 0.3 is 0 Å². The first-order valence-electron chi connectivity index (χ1n) is 7.08. The van der Waals surface area contributed by atoms with Crippen LogP contribution in [0.1, 0.15) is 30.5 Å². The first kappa shape index (κ1) is 13.5. The standard InChI is InChI=1S/C17H18N2O2/c1-11(20)18-13-3-2-4-14(10-13)19-17-8-5-12-9-15(21)6-7-16(12)17/h2-4,6-7,9-10,17,19,21H,5,8H2,1H3,(H,18,20). The Bertz CT molecular complexity index is 682. The molecule has 2 aromatic carbocycles. The van der Waals surface area contributed by atoms with E-state index in [2.05, 4.69) is 10.6 Å². The second-order valence-corrected chi connectivity index (χ2v) is 5.38. The first-order valence-corrected chi connectivity index (χ1v) is 7.08. The van der Waals surface area contributed by atoms with Crippen LogP contribution < -0.4 is 10.6 Å². The molecule has 4 heteroatoms. The van der Waals surface area contributed by atoms with E-state index >= 15 is 0 Å². The SMILES string of the molecule is CC(=O)Nc1cccc(NC2CCc3cc(O)ccc32)c1. The molecule has 3 N–H and O–H groups in total. The maximum atomic E-state index is 11.1. The third-order valence-corrected chi connectivity index (χ3v) is 3.73. The predicted octanol–water partition coefficient (Wildman–Crippen LogP) is 3.45. The van der Waals surface area contributed by atoms with Crippen molar-refractivity contribution in [2.24, 2.45) is 0 Å². The summed E-state index contributed by atoms with van der Waals surface area (Å²) in [5.74, 6) is 0.246. The number of fused-ring (bicyclic) bond motifs is 1. The fraction of sp³-hybridized carbons (Fsp3) is 0.235. The number of benzene rings is 2. The number of anilines is 2. The van der Waals surface area contributed by atoms with Crippen LogP contribution in [0, 0.1) is 0 Å². The number of nitrogens with one attached hydrogen (secondary N) is 2. The number of amides is 1. The molecule has 1 unspecified atom stereocenters. The van der Waals surface area contributed by atoms with E-state index in [1.165, 1.54) is 18.1 Å². The Hall–Kier alpha value is -2.49. The summed E-state index contributed by atoms with van der Waals surface area (Å²) in [5, 5.41) is 15.8. The molecule has 0 spiro atoms. The summed E-state index contributed by atoms with van der Waals surface area (Å²) in [5.41, 5.74) is 4.20. The summed E-state index contributed by atoms with van der Waals surface area (Å²) in [4.78, 5) is 11.1. The number of hydrogen-bond donors (Lipinski definition) is 3. The molecule has 0 radical (unpaired) electrons. The molecule has 0 saturated carbocycles. The van der Waals surface area contributed by atoms with Crippen molar-refractivity contribution in [2.45, 2.75) is 25.8 Å². The van der Waals surface area contributed by atoms with E-state index in [0.717, 1.165) is 24.2 Å². The highest BCUT2D eigenvalue weighted by molar-refractivity contribution is 5.89. The number of carbonyl (C=O) groups excluding carboxylic acids is 1. The van der Waals surface area contributed by atoms with Gasteiger partial charge in [0, 0.05) is 18.3 Å². The molecular weight excluding hydrogens is 264 g/mol. The van der Waals surface area contributed by atoms with Crippen LogP contribution in [-0.2, 0) is 11.2 Å². The van der Waals surface area contributed by atoms with Crippen molar-refractivity contribution in [3.05, 3.63) is 53.6 Å². The van der Waals surface area contributed by atoms with E-state index in [4.69, 9.17) is 0 Å². The van der Waals surface area contributed by atoms with Gasteiger partial charge in [0.2, 0.25) is 5.91 Å². The fourth-order valence-corrected chi connectivity index (χ4v) is 2.85. The van der Waals surface area contributed by atoms with Gasteiger partial charge in [0.1, 0.15) is 5.75 Å². The zero-order valence-corrected chi connectivity index (χ0v) is 11.9. The highest BCUT2D eigenvalue weighted by Gasteiger charge is 2.22. The minimum Gasteiger partial charge on any atom is -0.508 e. The summed E-state index contributed by atoms with van der Waals surface area (Å²) >= 11 is 0. The van der Waals surface area contributed by atoms with Gasteiger partial charge in [-0.15, -0.1) is 0 Å². The molecule has 0 fully saturated rings. The molecule has 0 saturated heterocycles. The van der Waals surface area contributed by atoms with E-state index in [0.29, 0.717) is 5.75 Å². The average molecular weight is 282 g/mol. The van der Waals surface area contributed by atoms with Crippen molar-refractivity contribution in [1.82, 2.24) is 0 Å². The Morgan fingerprint density at radius 2 is 2.00 bits per heavy atom. The molecule has 1 atom stereocenters. The third kappa shape index (κ3) is 2.99. The van der Waals surface area contributed by atoms with E-state index in [1.54, 1.807) is 6.07 Å². The van der Waals surface area contributed by atoms with Crippen LogP contribution in [0.4, 0.5) is 11.4 Å². The van der Waals surface area contributed by atoms with Crippen LogP contribution in [0.3, 0.4) is 0 Å². The van der Waals surface area contributed by atoms with Gasteiger partial charge in [-0.3, -0.25) is 4.79 Å². The van der Waals surface area contributed by atoms with Crippen LogP contribution >= 0.6 is 0 Å². The van der Waals surface area contributed by atoms with E-state index in [-0.39, 0.29) is 11.9 Å². The monoisotopic (exact) mass is 282 g/mol. The highest BCUT2D eigenvalue weighted by atomic mass is 16.3. The number of rotatable bonds is 3. The summed E-state index contributed by atoms with van der Waals surface area (Å²) < 4.78 is 0. The lowest BCUT2D eigenvalue weighted by molar-refractivity contribution is -0.114. The Balaban J connectivity index is 1.78. The zero-order chi connectivity index (χ0) is 14.8. The lowest BCUT2D eigenvalue weighted by Crippen LogP contribution is -2.09. The van der Waals surface area contributed by atoms with Crippen molar-refractivity contribution in [3.63, 3.8) is 0 Å². The van der Waals surface area contributed by atoms with E-state index in [1.807, 2.05) is 36.4 Å². The van der Waals surface area contributed by atoms with E-state index < -0.39 is 0 Å². The third-order valence-electron chi connectivity index (χ3n) is 3.73. The summed E-state index contributed by atoms with van der Waals surface area (Å²) in [6, 6.07) is 13.5. The summed E-state index contributed by atoms with van der Waals surface area (Å²) in [6.07, 6.45) is 1.97. The van der Waals surface area contributed by atoms with Crippen molar-refractivity contribution >= 4 is 17.3 Å². The van der Waals surface area contributed by atoms with Gasteiger partial charge in [-0.1, -0.05) is 12.1 Å². The van der Waals surface area contributed by atoms with Crippen molar-refractivity contribution in [2.75, 3.05) is 10.6 Å². The molecule has 2 aromatic rings. The fourth-order valence-electron chi connectivity index (χ4n) is 2.85. The lowest BCUT2D eigenvalue weighted by Gasteiger charge is -2.16. The van der Waals surface area contributed by atoms with Crippen LogP contribution in [0.2, 0.25) is 0 Å². The number of carbonyl (C=O) groups is 1. The number of phenols is 1. The second kappa shape index (κ2) is 5.48. The number of phenolic OH excluding ortho intramolecular Hbond substituents is 1. The molecule has 0 aliphatic heterocycles. The van der Waals surface area contributed by atoms with Gasteiger partial charge in [-0.25, -0.2) is 0 Å². The van der Waals surface area contributed by atoms with Crippen molar-refractivity contribution < 1.29 is 9.90 Å². The predicted molar refractivity (Wildman–Crippen MR) is 83.5 cm³/mol. The second-order valence-electron chi connectivity index (χ2n) is 5.38. The smallest absolute Gasteiger partial charge is 0.221 e. The molecule has 1 aliphatic carbocycles. The molecule has 108 valence electrons. The molecule has 1 amide bonds. The molecule has 0 bridgehead atoms. The van der Waals surface area contributed by atoms with Gasteiger partial charge in [-0.05, 0) is 54.3 Å². The Kier molecular flexibility index (Phi) is 3.52. The van der Waals surface area contributed by atoms with Gasteiger partial charge < -0.3 is 15.7 Å².